The molecule has 0 aromatic carbocycles. The van der Waals surface area contributed by atoms with Crippen molar-refractivity contribution in [1.29, 1.82) is 0 Å². The summed E-state index contributed by atoms with van der Waals surface area (Å²) in [7, 11) is 1.42. The molecule has 0 saturated heterocycles. The first-order valence-corrected chi connectivity index (χ1v) is 3.63. The van der Waals surface area contributed by atoms with E-state index in [0.717, 1.165) is 6.54 Å². The molecule has 0 aliphatic rings. The Morgan fingerprint density at radius 3 is 2.45 bits per heavy atom. The van der Waals surface area contributed by atoms with Gasteiger partial charge in [0.25, 0.3) is 5.91 Å². The van der Waals surface area contributed by atoms with E-state index >= 15 is 0 Å². The Morgan fingerprint density at radius 2 is 2.09 bits per heavy atom. The van der Waals surface area contributed by atoms with Crippen LogP contribution in [0.5, 0.6) is 0 Å². The molecule has 0 rings (SSSR count). The molecule has 0 aromatic rings. The van der Waals surface area contributed by atoms with Crippen molar-refractivity contribution in [1.82, 2.24) is 10.8 Å². The Bertz CT molecular complexity index is 134. The summed E-state index contributed by atoms with van der Waals surface area (Å²) in [4.78, 5) is 15.7. The average molecular weight is 160 g/mol. The molecule has 0 unspecified atom stereocenters. The van der Waals surface area contributed by atoms with Crippen LogP contribution in [0.3, 0.4) is 0 Å². The molecule has 11 heavy (non-hydrogen) atoms. The van der Waals surface area contributed by atoms with Gasteiger partial charge in [-0.05, 0) is 20.4 Å². The fraction of sp³-hybridized carbons (Fsp3) is 0.857. The lowest BCUT2D eigenvalue weighted by molar-refractivity contribution is -0.137. The molecule has 0 heterocycles. The van der Waals surface area contributed by atoms with Crippen molar-refractivity contribution >= 4 is 5.91 Å². The molecule has 0 aromatic heterocycles. The number of rotatable bonds is 4. The van der Waals surface area contributed by atoms with Gasteiger partial charge < -0.3 is 5.32 Å². The first-order valence-electron chi connectivity index (χ1n) is 3.63. The molecule has 0 radical (unpaired) electrons. The van der Waals surface area contributed by atoms with Crippen molar-refractivity contribution in [2.24, 2.45) is 0 Å². The van der Waals surface area contributed by atoms with E-state index in [-0.39, 0.29) is 5.91 Å². The third kappa shape index (κ3) is 3.34. The van der Waals surface area contributed by atoms with Crippen LogP contribution >= 0.6 is 0 Å². The first-order chi connectivity index (χ1) is 5.04. The van der Waals surface area contributed by atoms with Gasteiger partial charge in [-0.2, -0.15) is 0 Å². The molecule has 4 heteroatoms. The van der Waals surface area contributed by atoms with Crippen molar-refractivity contribution in [3.05, 3.63) is 0 Å². The van der Waals surface area contributed by atoms with E-state index in [0.29, 0.717) is 0 Å². The Balaban J connectivity index is 3.94. The average Bonchev–Trinajstić information content (AvgIpc) is 1.88. The molecule has 2 N–H and O–H groups in total. The van der Waals surface area contributed by atoms with Crippen LogP contribution in [0.1, 0.15) is 20.8 Å². The Kier molecular flexibility index (Phi) is 4.07. The van der Waals surface area contributed by atoms with Crippen molar-refractivity contribution in [2.75, 3.05) is 13.7 Å². The maximum atomic E-state index is 11.2. The zero-order valence-electron chi connectivity index (χ0n) is 7.52. The number of likely N-dealkylation sites (N-methyl/N-ethyl adjacent to an activating group) is 1. The van der Waals surface area contributed by atoms with Crippen LogP contribution in [0.4, 0.5) is 0 Å². The Labute approximate surface area is 67.3 Å². The lowest BCUT2D eigenvalue weighted by Crippen LogP contribution is -2.52. The quantitative estimate of drug-likeness (QED) is 0.571. The number of carbonyl (C=O) groups excluding carboxylic acids is 1. The van der Waals surface area contributed by atoms with Gasteiger partial charge in [0.05, 0.1) is 12.6 Å². The lowest BCUT2D eigenvalue weighted by Gasteiger charge is -2.23. The molecule has 0 aliphatic heterocycles. The number of hydrogen-bond donors (Lipinski definition) is 2. The van der Waals surface area contributed by atoms with Crippen molar-refractivity contribution in [3.8, 4) is 0 Å². The zero-order valence-corrected chi connectivity index (χ0v) is 7.52. The second-order valence-electron chi connectivity index (χ2n) is 2.79. The van der Waals surface area contributed by atoms with Gasteiger partial charge in [0.1, 0.15) is 0 Å². The second-order valence-corrected chi connectivity index (χ2v) is 2.79. The highest BCUT2D eigenvalue weighted by molar-refractivity contribution is 5.84. The van der Waals surface area contributed by atoms with Gasteiger partial charge in [0.15, 0.2) is 0 Å². The molecule has 4 nitrogen and oxygen atoms in total. The minimum Gasteiger partial charge on any atom is -0.304 e. The van der Waals surface area contributed by atoms with Crippen LogP contribution < -0.4 is 10.8 Å². The molecule has 0 bridgehead atoms. The van der Waals surface area contributed by atoms with Crippen LogP contribution in [0, 0.1) is 0 Å². The van der Waals surface area contributed by atoms with Crippen LogP contribution in [0.2, 0.25) is 0 Å². The van der Waals surface area contributed by atoms with Crippen LogP contribution in [0.15, 0.2) is 0 Å². The maximum absolute atomic E-state index is 11.2. The number of carbonyl (C=O) groups is 1. The number of amides is 1. The normalized spacial score (nSPS) is 11.3. The summed E-state index contributed by atoms with van der Waals surface area (Å²) in [5, 5.41) is 3.01. The lowest BCUT2D eigenvalue weighted by atomic mass is 10.1. The Hall–Kier alpha value is -0.610. The largest absolute Gasteiger partial charge is 0.304 e. The fourth-order valence-electron chi connectivity index (χ4n) is 0.742. The molecule has 0 fully saturated rings. The summed E-state index contributed by atoms with van der Waals surface area (Å²) in [6, 6.07) is 0. The van der Waals surface area contributed by atoms with Gasteiger partial charge in [-0.1, -0.05) is 6.92 Å². The van der Waals surface area contributed by atoms with Crippen molar-refractivity contribution < 1.29 is 9.63 Å². The van der Waals surface area contributed by atoms with Gasteiger partial charge in [0.2, 0.25) is 0 Å². The van der Waals surface area contributed by atoms with Gasteiger partial charge in [-0.25, -0.2) is 5.48 Å². The molecule has 0 atom stereocenters. The van der Waals surface area contributed by atoms with E-state index in [2.05, 4.69) is 15.6 Å². The van der Waals surface area contributed by atoms with Gasteiger partial charge in [-0.3, -0.25) is 9.63 Å². The molecular formula is C7H16N2O2. The molecular weight excluding hydrogens is 144 g/mol. The fourth-order valence-corrected chi connectivity index (χ4v) is 0.742. The monoisotopic (exact) mass is 160 g/mol. The predicted octanol–water partition coefficient (Wildman–Crippen LogP) is 0.0521. The SMILES string of the molecule is CCNC(C)(C)C(=O)NOC. The zero-order chi connectivity index (χ0) is 8.91. The highest BCUT2D eigenvalue weighted by Crippen LogP contribution is 2.00. The standard InChI is InChI=1S/C7H16N2O2/c1-5-8-7(2,3)6(10)9-11-4/h8H,5H2,1-4H3,(H,9,10). The van der Waals surface area contributed by atoms with Crippen LogP contribution in [0.25, 0.3) is 0 Å². The highest BCUT2D eigenvalue weighted by Gasteiger charge is 2.25. The molecule has 1 amide bonds. The summed E-state index contributed by atoms with van der Waals surface area (Å²) in [5.74, 6) is -0.165. The van der Waals surface area contributed by atoms with E-state index in [9.17, 15) is 4.79 Å². The molecule has 0 spiro atoms. The van der Waals surface area contributed by atoms with Crippen LogP contribution in [-0.2, 0) is 9.63 Å². The highest BCUT2D eigenvalue weighted by atomic mass is 16.6. The van der Waals surface area contributed by atoms with E-state index in [1.165, 1.54) is 7.11 Å². The van der Waals surface area contributed by atoms with E-state index in [1.807, 2.05) is 6.92 Å². The van der Waals surface area contributed by atoms with Crippen LogP contribution in [-0.4, -0.2) is 25.1 Å². The maximum Gasteiger partial charge on any atom is 0.263 e. The third-order valence-electron chi connectivity index (χ3n) is 1.38. The topological polar surface area (TPSA) is 50.4 Å². The molecule has 0 aliphatic carbocycles. The molecule has 66 valence electrons. The Morgan fingerprint density at radius 1 is 1.55 bits per heavy atom. The predicted molar refractivity (Wildman–Crippen MR) is 42.9 cm³/mol. The summed E-state index contributed by atoms with van der Waals surface area (Å²) in [6.45, 7) is 6.29. The van der Waals surface area contributed by atoms with Gasteiger partial charge in [-0.15, -0.1) is 0 Å². The molecule has 0 saturated carbocycles. The third-order valence-corrected chi connectivity index (χ3v) is 1.38. The van der Waals surface area contributed by atoms with E-state index < -0.39 is 5.54 Å². The number of hydrogen-bond acceptors (Lipinski definition) is 3. The van der Waals surface area contributed by atoms with E-state index in [4.69, 9.17) is 0 Å². The minimum absolute atomic E-state index is 0.165. The summed E-state index contributed by atoms with van der Waals surface area (Å²) in [5.41, 5.74) is 1.70. The van der Waals surface area contributed by atoms with Gasteiger partial charge >= 0.3 is 0 Å². The summed E-state index contributed by atoms with van der Waals surface area (Å²) in [6.07, 6.45) is 0. The summed E-state index contributed by atoms with van der Waals surface area (Å²) < 4.78 is 0. The number of hydroxylamine groups is 1. The van der Waals surface area contributed by atoms with Crippen molar-refractivity contribution in [2.45, 2.75) is 26.3 Å². The van der Waals surface area contributed by atoms with E-state index in [1.54, 1.807) is 13.8 Å². The number of nitrogens with one attached hydrogen (secondary N) is 2. The summed E-state index contributed by atoms with van der Waals surface area (Å²) >= 11 is 0. The first kappa shape index (κ1) is 10.4. The van der Waals surface area contributed by atoms with Crippen molar-refractivity contribution in [3.63, 3.8) is 0 Å². The second kappa shape index (κ2) is 4.31. The van der Waals surface area contributed by atoms with Gasteiger partial charge in [0, 0.05) is 0 Å². The smallest absolute Gasteiger partial charge is 0.263 e. The minimum atomic E-state index is -0.565.